The van der Waals surface area contributed by atoms with Crippen molar-refractivity contribution in [1.29, 1.82) is 0 Å². The van der Waals surface area contributed by atoms with Gasteiger partial charge < -0.3 is 21.4 Å². The quantitative estimate of drug-likeness (QED) is 0.103. The minimum atomic E-state index is -1.32. The highest BCUT2D eigenvalue weighted by atomic mass is 32.2. The highest BCUT2D eigenvalue weighted by Crippen LogP contribution is 2.41. The number of halogens is 1. The van der Waals surface area contributed by atoms with Crippen LogP contribution in [0.15, 0.2) is 66.6 Å². The number of aliphatic carboxylic acids is 1. The summed E-state index contributed by atoms with van der Waals surface area (Å²) < 4.78 is 14.7. The van der Waals surface area contributed by atoms with Gasteiger partial charge in [0.1, 0.15) is 28.6 Å². The van der Waals surface area contributed by atoms with Crippen molar-refractivity contribution in [2.24, 2.45) is 5.16 Å². The molecule has 1 aromatic carbocycles. The number of aromatic nitrogens is 1. The zero-order valence-electron chi connectivity index (χ0n) is 19.4. The molecule has 1 unspecified atom stereocenters. The summed E-state index contributed by atoms with van der Waals surface area (Å²) in [6, 6.07) is 4.32. The summed E-state index contributed by atoms with van der Waals surface area (Å²) in [5.74, 6) is -3.05. The van der Waals surface area contributed by atoms with E-state index in [-0.39, 0.29) is 27.7 Å². The Kier molecular flexibility index (Phi) is 7.44. The van der Waals surface area contributed by atoms with Crippen molar-refractivity contribution in [2.45, 2.75) is 15.6 Å². The molecule has 2 aromatic heterocycles. The number of hydrogen-bond donors (Lipinski definition) is 4. The molecule has 2 atom stereocenters. The van der Waals surface area contributed by atoms with Crippen LogP contribution in [0.2, 0.25) is 0 Å². The van der Waals surface area contributed by atoms with E-state index in [1.807, 2.05) is 0 Å². The third-order valence-electron chi connectivity index (χ3n) is 5.69. The number of oxime groups is 1. The zero-order valence-corrected chi connectivity index (χ0v) is 22.6. The molecule has 2 aliphatic rings. The second kappa shape index (κ2) is 10.8. The van der Waals surface area contributed by atoms with Gasteiger partial charge in [-0.05, 0) is 35.3 Å². The molecule has 16 heteroatoms. The SMILES string of the molecule is Nc1nc(C(=NO)C(=O)NC2C(=O)N3C(C(=O)O)=C(C=CSc4cc(=O)c5ccc(F)cc5s4)CS[C@@H]23)cs1. The third-order valence-corrected chi connectivity index (χ3v) is 9.70. The molecule has 2 amide bonds. The molecular weight excluding hydrogens is 590 g/mol. The van der Waals surface area contributed by atoms with E-state index in [9.17, 15) is 33.9 Å². The fourth-order valence-electron chi connectivity index (χ4n) is 3.94. The number of thiazole rings is 1. The number of nitrogen functional groups attached to an aromatic ring is 1. The van der Waals surface area contributed by atoms with E-state index in [2.05, 4.69) is 15.5 Å². The first-order valence-corrected chi connectivity index (χ1v) is 14.5. The molecule has 0 radical (unpaired) electrons. The molecule has 5 N–H and O–H groups in total. The number of allylic oxidation sites excluding steroid dienone is 1. The van der Waals surface area contributed by atoms with Gasteiger partial charge in [0.25, 0.3) is 11.8 Å². The van der Waals surface area contributed by atoms with E-state index in [1.165, 1.54) is 64.5 Å². The van der Waals surface area contributed by atoms with Gasteiger partial charge in [-0.25, -0.2) is 14.2 Å². The van der Waals surface area contributed by atoms with Crippen LogP contribution < -0.4 is 16.5 Å². The number of anilines is 1. The first-order valence-electron chi connectivity index (χ1n) is 10.9. The number of nitrogens with one attached hydrogen (secondary N) is 1. The number of nitrogens with zero attached hydrogens (tertiary/aromatic N) is 3. The lowest BCUT2D eigenvalue weighted by molar-refractivity contribution is -0.150. The number of nitrogens with two attached hydrogens (primary N) is 1. The van der Waals surface area contributed by atoms with Crippen LogP contribution in [-0.2, 0) is 14.4 Å². The molecule has 3 aromatic rings. The Labute approximate surface area is 234 Å². The third kappa shape index (κ3) is 5.15. The van der Waals surface area contributed by atoms with Gasteiger partial charge in [-0.3, -0.25) is 19.3 Å². The summed E-state index contributed by atoms with van der Waals surface area (Å²) in [4.78, 5) is 55.0. The summed E-state index contributed by atoms with van der Waals surface area (Å²) in [6.07, 6.45) is 1.55. The van der Waals surface area contributed by atoms with Crippen molar-refractivity contribution < 1.29 is 29.1 Å². The normalized spacial score (nSPS) is 19.4. The number of carbonyl (C=O) groups excluding carboxylic acids is 2. The molecule has 0 spiro atoms. The lowest BCUT2D eigenvalue weighted by atomic mass is 10.0. The summed E-state index contributed by atoms with van der Waals surface area (Å²) >= 11 is 4.68. The lowest BCUT2D eigenvalue weighted by Gasteiger charge is -2.49. The van der Waals surface area contributed by atoms with Crippen molar-refractivity contribution in [1.82, 2.24) is 15.2 Å². The molecule has 200 valence electrons. The summed E-state index contributed by atoms with van der Waals surface area (Å²) in [6.45, 7) is 0. The standard InChI is InChI=1S/C23H16FN5O6S4/c24-10-1-2-11-13(30)6-15(39-14(11)5-10)36-4-3-9-7-37-21-17(20(32)29(21)18(9)22(33)34)27-19(31)16(28-35)12-8-38-23(25)26-12/h1-6,8,17,21,35H,7H2,(H2,25,26)(H,27,31)(H,33,34)/t17?,21-/m0/s1. The van der Waals surface area contributed by atoms with E-state index >= 15 is 0 Å². The van der Waals surface area contributed by atoms with Crippen LogP contribution in [0.1, 0.15) is 5.69 Å². The average molecular weight is 606 g/mol. The first kappa shape index (κ1) is 26.9. The van der Waals surface area contributed by atoms with Gasteiger partial charge in [0, 0.05) is 27.3 Å². The molecule has 11 nitrogen and oxygen atoms in total. The fourth-order valence-corrected chi connectivity index (χ4v) is 7.81. The number of hydrogen-bond acceptors (Lipinski definition) is 12. The molecule has 1 fully saturated rings. The maximum Gasteiger partial charge on any atom is 0.352 e. The molecule has 0 bridgehead atoms. The monoisotopic (exact) mass is 605 g/mol. The molecule has 4 heterocycles. The van der Waals surface area contributed by atoms with E-state index in [1.54, 1.807) is 11.5 Å². The van der Waals surface area contributed by atoms with Crippen molar-refractivity contribution in [3.05, 3.63) is 74.1 Å². The van der Waals surface area contributed by atoms with Crippen molar-refractivity contribution >= 4 is 84.9 Å². The molecule has 39 heavy (non-hydrogen) atoms. The number of fused-ring (bicyclic) bond motifs is 2. The number of carboxylic acids is 1. The van der Waals surface area contributed by atoms with Crippen LogP contribution in [-0.4, -0.2) is 60.9 Å². The van der Waals surface area contributed by atoms with Crippen LogP contribution >= 0.6 is 46.2 Å². The molecule has 1 saturated heterocycles. The number of benzene rings is 1. The summed E-state index contributed by atoms with van der Waals surface area (Å²) in [5.41, 5.74) is 5.06. The number of thioether (sulfide) groups is 2. The maximum atomic E-state index is 13.6. The zero-order chi connectivity index (χ0) is 27.8. The Bertz CT molecular complexity index is 1680. The minimum Gasteiger partial charge on any atom is -0.477 e. The van der Waals surface area contributed by atoms with E-state index in [0.717, 1.165) is 16.2 Å². The largest absolute Gasteiger partial charge is 0.477 e. The highest BCUT2D eigenvalue weighted by Gasteiger charge is 2.54. The van der Waals surface area contributed by atoms with Gasteiger partial charge in [-0.15, -0.1) is 34.4 Å². The van der Waals surface area contributed by atoms with Gasteiger partial charge >= 0.3 is 5.97 Å². The Morgan fingerprint density at radius 3 is 2.79 bits per heavy atom. The topological polar surface area (TPSA) is 175 Å². The van der Waals surface area contributed by atoms with E-state index in [0.29, 0.717) is 19.9 Å². The van der Waals surface area contributed by atoms with Gasteiger partial charge in [0.2, 0.25) is 0 Å². The second-order valence-corrected chi connectivity index (χ2v) is 12.3. The summed E-state index contributed by atoms with van der Waals surface area (Å²) in [7, 11) is 0. The molecule has 5 rings (SSSR count). The van der Waals surface area contributed by atoms with Crippen LogP contribution in [0.5, 0.6) is 0 Å². The van der Waals surface area contributed by atoms with Crippen LogP contribution in [0.3, 0.4) is 0 Å². The summed E-state index contributed by atoms with van der Waals surface area (Å²) in [5, 5.41) is 27.5. The molecule has 0 aliphatic carbocycles. The van der Waals surface area contributed by atoms with E-state index in [4.69, 9.17) is 5.73 Å². The van der Waals surface area contributed by atoms with Crippen molar-refractivity contribution in [3.63, 3.8) is 0 Å². The van der Waals surface area contributed by atoms with Crippen molar-refractivity contribution in [3.8, 4) is 0 Å². The number of amides is 2. The minimum absolute atomic E-state index is 0.0371. The lowest BCUT2D eigenvalue weighted by Crippen LogP contribution is -2.71. The Morgan fingerprint density at radius 1 is 1.31 bits per heavy atom. The van der Waals surface area contributed by atoms with Crippen LogP contribution in [0, 0.1) is 5.82 Å². The van der Waals surface area contributed by atoms with Gasteiger partial charge in [-0.2, -0.15) is 0 Å². The molecule has 2 aliphatic heterocycles. The van der Waals surface area contributed by atoms with E-state index < -0.39 is 40.7 Å². The average Bonchev–Trinajstić information content (AvgIpc) is 3.32. The van der Waals surface area contributed by atoms with Crippen molar-refractivity contribution in [2.75, 3.05) is 11.5 Å². The fraction of sp³-hybridized carbons (Fsp3) is 0.130. The molecule has 0 saturated carbocycles. The van der Waals surface area contributed by atoms with Gasteiger partial charge in [0.05, 0.1) is 4.21 Å². The smallest absolute Gasteiger partial charge is 0.352 e. The Hall–Kier alpha value is -3.73. The first-order chi connectivity index (χ1) is 18.7. The highest BCUT2D eigenvalue weighted by molar-refractivity contribution is 8.04. The number of carboxylic acid groups (broad SMARTS) is 1. The maximum absolute atomic E-state index is 13.6. The van der Waals surface area contributed by atoms with Crippen LogP contribution in [0.25, 0.3) is 10.1 Å². The Balaban J connectivity index is 1.32. The number of β-lactam (4-membered cyclic amide) rings is 1. The number of carbonyl (C=O) groups is 3. The molecular formula is C23H16FN5O6S4. The van der Waals surface area contributed by atoms with Crippen LogP contribution in [0.4, 0.5) is 9.52 Å². The van der Waals surface area contributed by atoms with Gasteiger partial charge in [-0.1, -0.05) is 16.9 Å². The van der Waals surface area contributed by atoms with Gasteiger partial charge in [0.15, 0.2) is 16.3 Å². The predicted molar refractivity (Wildman–Crippen MR) is 148 cm³/mol. The predicted octanol–water partition coefficient (Wildman–Crippen LogP) is 2.66. The Morgan fingerprint density at radius 2 is 2.10 bits per heavy atom. The number of rotatable bonds is 7. The second-order valence-electron chi connectivity index (χ2n) is 8.05.